The van der Waals surface area contributed by atoms with Crippen LogP contribution in [0.4, 0.5) is 5.95 Å². The summed E-state index contributed by atoms with van der Waals surface area (Å²) < 4.78 is 36.3. The van der Waals surface area contributed by atoms with Crippen molar-refractivity contribution in [3.05, 3.63) is 76.1 Å². The van der Waals surface area contributed by atoms with Crippen LogP contribution in [0, 0.1) is 11.3 Å². The van der Waals surface area contributed by atoms with E-state index in [2.05, 4.69) is 20.8 Å². The fraction of sp³-hybridized carbons (Fsp3) is 0.320. The average molecular weight is 565 g/mol. The molecule has 1 heterocycles. The third-order valence-electron chi connectivity index (χ3n) is 5.44. The van der Waals surface area contributed by atoms with E-state index in [9.17, 15) is 18.8 Å². The Kier molecular flexibility index (Phi) is 9.21. The van der Waals surface area contributed by atoms with Gasteiger partial charge in [0.05, 0.1) is 28.4 Å². The Bertz CT molecular complexity index is 1390. The number of hydrogen-bond acceptors (Lipinski definition) is 8. The summed E-state index contributed by atoms with van der Waals surface area (Å²) in [5.74, 6) is 0.775. The van der Waals surface area contributed by atoms with Gasteiger partial charge in [-0.2, -0.15) is 5.26 Å². The Morgan fingerprint density at radius 1 is 1.16 bits per heavy atom. The number of alkyl halides is 1. The monoisotopic (exact) mass is 564 g/mol. The normalized spacial score (nSPS) is 12.5. The predicted molar refractivity (Wildman–Crippen MR) is 142 cm³/mol. The highest BCUT2D eigenvalue weighted by Gasteiger charge is 2.26. The van der Waals surface area contributed by atoms with Crippen LogP contribution in [0.2, 0.25) is 5.02 Å². The molecule has 0 saturated heterocycles. The number of aromatic nitrogens is 2. The molecule has 0 spiro atoms. The topological polar surface area (TPSA) is 134 Å². The second kappa shape index (κ2) is 12.0. The zero-order chi connectivity index (χ0) is 27.2. The van der Waals surface area contributed by atoms with Crippen LogP contribution in [0.3, 0.4) is 0 Å². The molecule has 0 aliphatic rings. The SMILES string of the molecule is CC(C)(c1ccc(OCc2ccnc(NS(C)(=O)=O)n2)cc1)c1cc(Cl)c(OCC(O)CCl)c(C#N)c1. The fourth-order valence-corrected chi connectivity index (χ4v) is 4.18. The van der Waals surface area contributed by atoms with Gasteiger partial charge in [-0.15, -0.1) is 11.6 Å². The van der Waals surface area contributed by atoms with E-state index in [1.54, 1.807) is 18.2 Å². The van der Waals surface area contributed by atoms with Crippen LogP contribution in [-0.2, 0) is 22.0 Å². The Balaban J connectivity index is 1.75. The van der Waals surface area contributed by atoms with Crippen LogP contribution >= 0.6 is 23.2 Å². The minimum absolute atomic E-state index is 0.00479. The summed E-state index contributed by atoms with van der Waals surface area (Å²) in [5.41, 5.74) is 2.01. The number of aliphatic hydroxyl groups is 1. The van der Waals surface area contributed by atoms with Gasteiger partial charge < -0.3 is 14.6 Å². The number of ether oxygens (including phenoxy) is 2. The fourth-order valence-electron chi connectivity index (χ4n) is 3.39. The minimum atomic E-state index is -3.48. The van der Waals surface area contributed by atoms with Gasteiger partial charge in [0.1, 0.15) is 31.1 Å². The quantitative estimate of drug-likeness (QED) is 0.330. The molecule has 2 aromatic carbocycles. The van der Waals surface area contributed by atoms with Gasteiger partial charge in [-0.1, -0.05) is 37.6 Å². The van der Waals surface area contributed by atoms with Crippen molar-refractivity contribution in [3.8, 4) is 17.6 Å². The maximum Gasteiger partial charge on any atom is 0.236 e. The van der Waals surface area contributed by atoms with Gasteiger partial charge in [0.25, 0.3) is 0 Å². The van der Waals surface area contributed by atoms with Gasteiger partial charge in [-0.05, 0) is 41.5 Å². The van der Waals surface area contributed by atoms with Crippen molar-refractivity contribution in [1.82, 2.24) is 9.97 Å². The Hall–Kier alpha value is -3.10. The summed E-state index contributed by atoms with van der Waals surface area (Å²) in [7, 11) is -3.48. The average Bonchev–Trinajstić information content (AvgIpc) is 2.85. The van der Waals surface area contributed by atoms with Crippen molar-refractivity contribution in [2.24, 2.45) is 0 Å². The standard InChI is InChI=1S/C25H26Cl2N4O5S/c1-25(2,18-10-16(13-28)23(22(27)11-18)36-15-20(32)12-26)17-4-6-21(7-5-17)35-14-19-8-9-29-24(30-19)31-37(3,33)34/h4-11,20,32H,12,14-15H2,1-3H3,(H,29,30,31). The first-order valence-electron chi connectivity index (χ1n) is 11.1. The number of nitrogens with one attached hydrogen (secondary N) is 1. The number of benzene rings is 2. The molecule has 196 valence electrons. The molecule has 9 nitrogen and oxygen atoms in total. The van der Waals surface area contributed by atoms with Crippen LogP contribution in [0.25, 0.3) is 0 Å². The van der Waals surface area contributed by atoms with E-state index in [0.717, 1.165) is 17.4 Å². The van der Waals surface area contributed by atoms with E-state index in [4.69, 9.17) is 32.7 Å². The lowest BCUT2D eigenvalue weighted by atomic mass is 9.77. The number of nitriles is 1. The summed E-state index contributed by atoms with van der Waals surface area (Å²) >= 11 is 12.1. The molecule has 0 saturated carbocycles. The van der Waals surface area contributed by atoms with Gasteiger partial charge in [-0.3, -0.25) is 4.72 Å². The molecule has 3 aromatic rings. The van der Waals surface area contributed by atoms with Crippen molar-refractivity contribution in [1.29, 1.82) is 5.26 Å². The lowest BCUT2D eigenvalue weighted by molar-refractivity contribution is 0.125. The number of aliphatic hydroxyl groups excluding tert-OH is 1. The number of sulfonamides is 1. The van der Waals surface area contributed by atoms with Crippen LogP contribution < -0.4 is 14.2 Å². The van der Waals surface area contributed by atoms with Gasteiger partial charge in [0, 0.05) is 11.6 Å². The molecule has 12 heteroatoms. The molecule has 0 fully saturated rings. The van der Waals surface area contributed by atoms with Gasteiger partial charge in [0.15, 0.2) is 5.75 Å². The van der Waals surface area contributed by atoms with Crippen molar-refractivity contribution in [2.45, 2.75) is 32.0 Å². The van der Waals surface area contributed by atoms with Crippen molar-refractivity contribution < 1.29 is 23.0 Å². The third kappa shape index (κ3) is 7.69. The first-order valence-corrected chi connectivity index (χ1v) is 13.9. The summed E-state index contributed by atoms with van der Waals surface area (Å²) in [5, 5.41) is 19.6. The molecule has 0 amide bonds. The first kappa shape index (κ1) is 28.5. The summed E-state index contributed by atoms with van der Waals surface area (Å²) in [4.78, 5) is 8.02. The second-order valence-electron chi connectivity index (χ2n) is 8.75. The van der Waals surface area contributed by atoms with Crippen LogP contribution in [-0.4, -0.2) is 48.3 Å². The summed E-state index contributed by atoms with van der Waals surface area (Å²) in [6, 6.07) is 14.6. The maximum atomic E-state index is 11.4. The number of rotatable bonds is 11. The largest absolute Gasteiger partial charge is 0.488 e. The number of anilines is 1. The molecule has 3 rings (SSSR count). The molecule has 2 N–H and O–H groups in total. The Labute approximate surface area is 226 Å². The highest BCUT2D eigenvalue weighted by molar-refractivity contribution is 7.91. The molecule has 37 heavy (non-hydrogen) atoms. The molecule has 0 bridgehead atoms. The molecule has 0 radical (unpaired) electrons. The zero-order valence-corrected chi connectivity index (χ0v) is 22.7. The van der Waals surface area contributed by atoms with E-state index in [1.807, 2.05) is 38.1 Å². The van der Waals surface area contributed by atoms with Crippen LogP contribution in [0.15, 0.2) is 48.7 Å². The minimum Gasteiger partial charge on any atom is -0.488 e. The van der Waals surface area contributed by atoms with Crippen molar-refractivity contribution in [3.63, 3.8) is 0 Å². The van der Waals surface area contributed by atoms with Crippen molar-refractivity contribution in [2.75, 3.05) is 23.5 Å². The smallest absolute Gasteiger partial charge is 0.236 e. The highest BCUT2D eigenvalue weighted by atomic mass is 35.5. The van der Waals surface area contributed by atoms with Gasteiger partial charge >= 0.3 is 0 Å². The van der Waals surface area contributed by atoms with Crippen LogP contribution in [0.5, 0.6) is 11.5 Å². The molecule has 0 aliphatic carbocycles. The maximum absolute atomic E-state index is 11.4. The summed E-state index contributed by atoms with van der Waals surface area (Å²) in [6.07, 6.45) is 1.59. The van der Waals surface area contributed by atoms with E-state index in [-0.39, 0.29) is 41.4 Å². The van der Waals surface area contributed by atoms with Gasteiger partial charge in [0.2, 0.25) is 16.0 Å². The molecule has 1 unspecified atom stereocenters. The predicted octanol–water partition coefficient (Wildman–Crippen LogP) is 4.26. The Morgan fingerprint density at radius 2 is 1.86 bits per heavy atom. The molecular weight excluding hydrogens is 539 g/mol. The van der Waals surface area contributed by atoms with Crippen molar-refractivity contribution >= 4 is 39.2 Å². The number of nitrogens with zero attached hydrogens (tertiary/aromatic N) is 3. The van der Waals surface area contributed by atoms with Crippen LogP contribution in [0.1, 0.15) is 36.2 Å². The zero-order valence-electron chi connectivity index (χ0n) is 20.4. The molecule has 0 aliphatic heterocycles. The lowest BCUT2D eigenvalue weighted by Gasteiger charge is -2.27. The van der Waals surface area contributed by atoms with E-state index >= 15 is 0 Å². The Morgan fingerprint density at radius 3 is 2.49 bits per heavy atom. The third-order valence-corrected chi connectivity index (χ3v) is 6.63. The molecule has 1 atom stereocenters. The lowest BCUT2D eigenvalue weighted by Crippen LogP contribution is -2.21. The van der Waals surface area contributed by atoms with E-state index < -0.39 is 21.5 Å². The molecular formula is C25H26Cl2N4O5S. The number of hydrogen-bond donors (Lipinski definition) is 2. The molecule has 1 aromatic heterocycles. The van der Waals surface area contributed by atoms with E-state index in [1.165, 1.54) is 6.20 Å². The van der Waals surface area contributed by atoms with E-state index in [0.29, 0.717) is 11.4 Å². The number of halogens is 2. The summed E-state index contributed by atoms with van der Waals surface area (Å²) in [6.45, 7) is 4.05. The first-order chi connectivity index (χ1) is 17.4. The second-order valence-corrected chi connectivity index (χ2v) is 11.2. The van der Waals surface area contributed by atoms with Gasteiger partial charge in [-0.25, -0.2) is 18.4 Å². The highest BCUT2D eigenvalue weighted by Crippen LogP contribution is 2.38.